The summed E-state index contributed by atoms with van der Waals surface area (Å²) in [4.78, 5) is 24.0. The molecule has 1 saturated carbocycles. The summed E-state index contributed by atoms with van der Waals surface area (Å²) in [5.74, 6) is 1.15. The average molecular weight is 531 g/mol. The van der Waals surface area contributed by atoms with E-state index < -0.39 is 0 Å². The minimum atomic E-state index is -0.340. The van der Waals surface area contributed by atoms with Gasteiger partial charge in [0.25, 0.3) is 5.91 Å². The first-order valence-electron chi connectivity index (χ1n) is 13.1. The number of rotatable bonds is 12. The minimum Gasteiger partial charge on any atom is -0.803 e. The number of hydrogen-bond acceptors (Lipinski definition) is 9. The number of benzene rings is 1. The van der Waals surface area contributed by atoms with Crippen LogP contribution in [0.3, 0.4) is 0 Å². The normalized spacial score (nSPS) is 16.1. The SMILES string of the molecule is [N-]=C(/C=C(\O)CNc1nc(Nc2cc(C3CC3)[nH]n2)cc(C(=O)NCCN2CCOCC2)n1)c1ccccc1. The second-order valence-electron chi connectivity index (χ2n) is 9.52. The monoisotopic (exact) mass is 530 g/mol. The van der Waals surface area contributed by atoms with Crippen molar-refractivity contribution in [3.8, 4) is 0 Å². The van der Waals surface area contributed by atoms with Gasteiger partial charge >= 0.3 is 0 Å². The van der Waals surface area contributed by atoms with E-state index in [-0.39, 0.29) is 35.6 Å². The van der Waals surface area contributed by atoms with Crippen LogP contribution >= 0.6 is 0 Å². The number of ether oxygens (including phenoxy) is 1. The number of carbonyl (C=O) groups is 1. The van der Waals surface area contributed by atoms with E-state index in [0.29, 0.717) is 49.4 Å². The average Bonchev–Trinajstić information content (AvgIpc) is 3.71. The number of nitrogens with zero attached hydrogens (tertiary/aromatic N) is 5. The van der Waals surface area contributed by atoms with Gasteiger partial charge in [-0.2, -0.15) is 10.1 Å². The molecule has 0 unspecified atom stereocenters. The first-order chi connectivity index (χ1) is 19.0. The third-order valence-corrected chi connectivity index (χ3v) is 6.45. The van der Waals surface area contributed by atoms with Crippen LogP contribution in [-0.4, -0.2) is 87.7 Å². The van der Waals surface area contributed by atoms with Crippen molar-refractivity contribution >= 4 is 29.2 Å². The number of hydrogen-bond donors (Lipinski definition) is 5. The summed E-state index contributed by atoms with van der Waals surface area (Å²) in [6.07, 6.45) is 3.55. The van der Waals surface area contributed by atoms with Crippen molar-refractivity contribution in [2.75, 3.05) is 56.6 Å². The van der Waals surface area contributed by atoms with Crippen LogP contribution in [0.2, 0.25) is 0 Å². The van der Waals surface area contributed by atoms with Gasteiger partial charge < -0.3 is 31.2 Å². The predicted molar refractivity (Wildman–Crippen MR) is 149 cm³/mol. The van der Waals surface area contributed by atoms with Crippen molar-refractivity contribution in [1.29, 1.82) is 0 Å². The number of H-pyrrole nitrogens is 1. The molecule has 2 aromatic heterocycles. The predicted octanol–water partition coefficient (Wildman–Crippen LogP) is 2.80. The largest absolute Gasteiger partial charge is 0.803 e. The topological polar surface area (TPSA) is 163 Å². The fraction of sp³-hybridized carbons (Fsp3) is 0.370. The molecule has 12 nitrogen and oxygen atoms in total. The smallest absolute Gasteiger partial charge is 0.270 e. The van der Waals surface area contributed by atoms with Crippen LogP contribution in [0.15, 0.2) is 54.3 Å². The van der Waals surface area contributed by atoms with Crippen molar-refractivity contribution in [1.82, 2.24) is 30.4 Å². The maximum absolute atomic E-state index is 13.0. The summed E-state index contributed by atoms with van der Waals surface area (Å²) in [5, 5.41) is 37.0. The fourth-order valence-corrected chi connectivity index (χ4v) is 4.16. The third kappa shape index (κ3) is 7.62. The van der Waals surface area contributed by atoms with Crippen LogP contribution in [0.5, 0.6) is 0 Å². The van der Waals surface area contributed by atoms with Gasteiger partial charge in [0.2, 0.25) is 5.95 Å². The number of aliphatic hydroxyl groups excluding tert-OH is 1. The Bertz CT molecular complexity index is 1320. The van der Waals surface area contributed by atoms with Gasteiger partial charge in [-0.05, 0) is 24.5 Å². The molecular weight excluding hydrogens is 498 g/mol. The molecule has 39 heavy (non-hydrogen) atoms. The molecule has 5 rings (SSSR count). The summed E-state index contributed by atoms with van der Waals surface area (Å²) >= 11 is 0. The Labute approximate surface area is 226 Å². The molecule has 3 heterocycles. The fourth-order valence-electron chi connectivity index (χ4n) is 4.16. The number of amides is 1. The van der Waals surface area contributed by atoms with Crippen molar-refractivity contribution in [3.05, 3.63) is 76.7 Å². The Kier molecular flexibility index (Phi) is 8.44. The zero-order valence-corrected chi connectivity index (χ0v) is 21.6. The highest BCUT2D eigenvalue weighted by Gasteiger charge is 2.25. The lowest BCUT2D eigenvalue weighted by molar-refractivity contribution is 0.0383. The van der Waals surface area contributed by atoms with Gasteiger partial charge in [-0.15, -0.1) is 5.71 Å². The van der Waals surface area contributed by atoms with Crippen LogP contribution in [0, 0.1) is 0 Å². The molecule has 1 aromatic carbocycles. The summed E-state index contributed by atoms with van der Waals surface area (Å²) in [6, 6.07) is 12.4. The maximum Gasteiger partial charge on any atom is 0.270 e. The molecule has 204 valence electrons. The summed E-state index contributed by atoms with van der Waals surface area (Å²) in [5.41, 5.74) is 1.73. The summed E-state index contributed by atoms with van der Waals surface area (Å²) < 4.78 is 5.37. The number of carbonyl (C=O) groups excluding carboxylic acids is 1. The number of allylic oxidation sites excluding steroid dienone is 1. The first kappa shape index (κ1) is 26.3. The molecule has 5 N–H and O–H groups in total. The number of morpholine rings is 1. The highest BCUT2D eigenvalue weighted by atomic mass is 16.5. The minimum absolute atomic E-state index is 0.0628. The van der Waals surface area contributed by atoms with Gasteiger partial charge in [0.1, 0.15) is 17.3 Å². The zero-order chi connectivity index (χ0) is 27.0. The lowest BCUT2D eigenvalue weighted by Crippen LogP contribution is -2.41. The number of aromatic amines is 1. The molecule has 2 fully saturated rings. The van der Waals surface area contributed by atoms with Gasteiger partial charge in [0, 0.05) is 49.9 Å². The standard InChI is InChI=1S/C27H32N9O3/c28-21(18-4-2-1-3-5-18)14-20(37)17-30-27-31-23(26(38)29-8-9-36-10-12-39-13-11-36)16-24(33-27)32-25-15-22(34-35-25)19-6-7-19/h1-5,14-16,19,37H,6-13,17H2,(H,29,38)(H3,30,31,32,33,34,35)/q-1/b20-14-. The molecule has 3 aromatic rings. The van der Waals surface area contributed by atoms with Crippen LogP contribution < -0.4 is 16.0 Å². The lowest BCUT2D eigenvalue weighted by Gasteiger charge is -2.26. The van der Waals surface area contributed by atoms with Gasteiger partial charge in [-0.25, -0.2) is 4.98 Å². The summed E-state index contributed by atoms with van der Waals surface area (Å²) in [6.45, 7) is 4.19. The molecule has 1 aliphatic heterocycles. The molecule has 0 spiro atoms. The van der Waals surface area contributed by atoms with Crippen LogP contribution in [0.1, 0.15) is 40.5 Å². The first-order valence-corrected chi connectivity index (χ1v) is 13.1. The maximum atomic E-state index is 13.0. The van der Waals surface area contributed by atoms with E-state index in [1.165, 1.54) is 6.08 Å². The summed E-state index contributed by atoms with van der Waals surface area (Å²) in [7, 11) is 0. The molecular formula is C27H32N9O3-. The molecule has 1 aliphatic carbocycles. The lowest BCUT2D eigenvalue weighted by atomic mass is 10.1. The van der Waals surface area contributed by atoms with Crippen LogP contribution in [0.4, 0.5) is 17.6 Å². The molecule has 0 radical (unpaired) electrons. The van der Waals surface area contributed by atoms with E-state index in [1.54, 1.807) is 30.3 Å². The van der Waals surface area contributed by atoms with E-state index in [2.05, 4.69) is 41.0 Å². The van der Waals surface area contributed by atoms with E-state index >= 15 is 0 Å². The molecule has 1 amide bonds. The van der Waals surface area contributed by atoms with Crippen molar-refractivity contribution in [2.24, 2.45) is 0 Å². The Morgan fingerprint density at radius 3 is 2.72 bits per heavy atom. The highest BCUT2D eigenvalue weighted by Crippen LogP contribution is 2.39. The number of aromatic nitrogens is 4. The van der Waals surface area contributed by atoms with Crippen molar-refractivity contribution in [2.45, 2.75) is 18.8 Å². The quantitative estimate of drug-likeness (QED) is 0.175. The second kappa shape index (κ2) is 12.5. The number of aliphatic hydroxyl groups is 1. The van der Waals surface area contributed by atoms with Gasteiger partial charge in [0.05, 0.1) is 19.8 Å². The van der Waals surface area contributed by atoms with Crippen molar-refractivity contribution in [3.63, 3.8) is 0 Å². The van der Waals surface area contributed by atoms with E-state index in [4.69, 9.17) is 4.74 Å². The molecule has 0 bridgehead atoms. The van der Waals surface area contributed by atoms with Gasteiger partial charge in [-0.1, -0.05) is 30.3 Å². The zero-order valence-electron chi connectivity index (χ0n) is 21.6. The Morgan fingerprint density at radius 2 is 1.95 bits per heavy atom. The molecule has 12 heteroatoms. The van der Waals surface area contributed by atoms with Gasteiger partial charge in [-0.3, -0.25) is 14.8 Å². The Balaban J connectivity index is 1.26. The van der Waals surface area contributed by atoms with E-state index in [1.807, 2.05) is 12.1 Å². The van der Waals surface area contributed by atoms with E-state index in [9.17, 15) is 15.3 Å². The molecule has 0 atom stereocenters. The highest BCUT2D eigenvalue weighted by molar-refractivity contribution is 6.11. The van der Waals surface area contributed by atoms with E-state index in [0.717, 1.165) is 31.6 Å². The number of anilines is 3. The van der Waals surface area contributed by atoms with Crippen LogP contribution in [-0.2, 0) is 4.74 Å². The van der Waals surface area contributed by atoms with Crippen molar-refractivity contribution < 1.29 is 14.6 Å². The molecule has 2 aliphatic rings. The molecule has 1 saturated heterocycles. The Morgan fingerprint density at radius 1 is 1.15 bits per heavy atom. The van der Waals surface area contributed by atoms with Gasteiger partial charge in [0.15, 0.2) is 5.82 Å². The number of nitrogens with one attached hydrogen (secondary N) is 4. The van der Waals surface area contributed by atoms with Crippen LogP contribution in [0.25, 0.3) is 5.41 Å². The Hall–Kier alpha value is -4.29. The third-order valence-electron chi connectivity index (χ3n) is 6.45. The second-order valence-corrected chi connectivity index (χ2v) is 9.52.